The van der Waals surface area contributed by atoms with E-state index in [2.05, 4.69) is 4.98 Å². The van der Waals surface area contributed by atoms with E-state index >= 15 is 0 Å². The fourth-order valence-electron chi connectivity index (χ4n) is 0.863. The lowest BCUT2D eigenvalue weighted by molar-refractivity contribution is 0.103. The highest BCUT2D eigenvalue weighted by atomic mass is 19.1. The summed E-state index contributed by atoms with van der Waals surface area (Å²) in [6, 6.07) is 2.66. The lowest BCUT2D eigenvalue weighted by atomic mass is 10.2. The number of aromatic nitrogens is 1. The number of halogens is 1. The summed E-state index contributed by atoms with van der Waals surface area (Å²) in [7, 11) is 3.55. The van der Waals surface area contributed by atoms with Gasteiger partial charge in [0.05, 0.1) is 0 Å². The Bertz CT molecular complexity index is 361. The first-order chi connectivity index (χ1) is 6.61. The van der Waals surface area contributed by atoms with Crippen molar-refractivity contribution in [1.82, 2.24) is 9.88 Å². The van der Waals surface area contributed by atoms with Crippen LogP contribution in [-0.2, 0) is 0 Å². The highest BCUT2D eigenvalue weighted by Crippen LogP contribution is 2.04. The molecular formula is C10H11FN2O. The van der Waals surface area contributed by atoms with Gasteiger partial charge in [-0.2, -0.15) is 0 Å². The molecule has 0 aliphatic rings. The third-order valence-corrected chi connectivity index (χ3v) is 1.52. The van der Waals surface area contributed by atoms with Gasteiger partial charge in [-0.1, -0.05) is 0 Å². The van der Waals surface area contributed by atoms with Crippen LogP contribution in [0, 0.1) is 5.82 Å². The lowest BCUT2D eigenvalue weighted by Gasteiger charge is -2.02. The Balaban J connectivity index is 2.85. The lowest BCUT2D eigenvalue weighted by Crippen LogP contribution is -2.05. The summed E-state index contributed by atoms with van der Waals surface area (Å²) >= 11 is 0. The number of pyridine rings is 1. The van der Waals surface area contributed by atoms with Gasteiger partial charge in [-0.3, -0.25) is 4.79 Å². The molecule has 1 heterocycles. The van der Waals surface area contributed by atoms with Gasteiger partial charge in [-0.25, -0.2) is 9.37 Å². The quantitative estimate of drug-likeness (QED) is 0.539. The Morgan fingerprint density at radius 3 is 2.86 bits per heavy atom. The second-order valence-corrected chi connectivity index (χ2v) is 2.98. The van der Waals surface area contributed by atoms with Gasteiger partial charge in [0.15, 0.2) is 5.82 Å². The van der Waals surface area contributed by atoms with Crippen molar-refractivity contribution in [3.8, 4) is 0 Å². The summed E-state index contributed by atoms with van der Waals surface area (Å²) in [5, 5.41) is 0. The number of rotatable bonds is 3. The summed E-state index contributed by atoms with van der Waals surface area (Å²) in [6.45, 7) is 0. The molecule has 1 rings (SSSR count). The molecule has 1 aromatic heterocycles. The maximum Gasteiger partial charge on any atom is 0.208 e. The van der Waals surface area contributed by atoms with E-state index in [-0.39, 0.29) is 5.69 Å². The van der Waals surface area contributed by atoms with Gasteiger partial charge in [0.2, 0.25) is 5.78 Å². The van der Waals surface area contributed by atoms with Crippen LogP contribution in [0.2, 0.25) is 0 Å². The normalized spacial score (nSPS) is 10.5. The van der Waals surface area contributed by atoms with Gasteiger partial charge in [-0.15, -0.1) is 0 Å². The molecule has 0 radical (unpaired) electrons. The average molecular weight is 194 g/mol. The fraction of sp³-hybridized carbons (Fsp3) is 0.200. The summed E-state index contributed by atoms with van der Waals surface area (Å²) in [5.74, 6) is -1.03. The van der Waals surface area contributed by atoms with Crippen molar-refractivity contribution in [2.75, 3.05) is 14.1 Å². The Hall–Kier alpha value is -1.71. The predicted molar refractivity (Wildman–Crippen MR) is 51.4 cm³/mol. The van der Waals surface area contributed by atoms with E-state index in [0.717, 1.165) is 0 Å². The zero-order chi connectivity index (χ0) is 10.6. The van der Waals surface area contributed by atoms with E-state index in [9.17, 15) is 9.18 Å². The summed E-state index contributed by atoms with van der Waals surface area (Å²) in [4.78, 5) is 16.7. The third kappa shape index (κ3) is 2.65. The fourth-order valence-corrected chi connectivity index (χ4v) is 0.863. The highest BCUT2D eigenvalue weighted by Gasteiger charge is 2.08. The first-order valence-corrected chi connectivity index (χ1v) is 4.10. The van der Waals surface area contributed by atoms with Gasteiger partial charge < -0.3 is 4.90 Å². The zero-order valence-corrected chi connectivity index (χ0v) is 8.07. The minimum atomic E-state index is -0.596. The first-order valence-electron chi connectivity index (χ1n) is 4.10. The largest absolute Gasteiger partial charge is 0.383 e. The van der Waals surface area contributed by atoms with Crippen molar-refractivity contribution < 1.29 is 9.18 Å². The van der Waals surface area contributed by atoms with Crippen LogP contribution < -0.4 is 0 Å². The van der Waals surface area contributed by atoms with Gasteiger partial charge in [0.25, 0.3) is 0 Å². The van der Waals surface area contributed by atoms with Gasteiger partial charge >= 0.3 is 0 Å². The van der Waals surface area contributed by atoms with Crippen LogP contribution in [0.5, 0.6) is 0 Å². The smallest absolute Gasteiger partial charge is 0.208 e. The molecule has 0 amide bonds. The van der Waals surface area contributed by atoms with E-state index in [1.165, 1.54) is 24.4 Å². The Labute approximate surface area is 81.9 Å². The molecule has 0 aliphatic carbocycles. The molecule has 0 saturated heterocycles. The minimum Gasteiger partial charge on any atom is -0.383 e. The molecule has 0 fully saturated rings. The maximum atomic E-state index is 13.0. The van der Waals surface area contributed by atoms with Gasteiger partial charge in [0, 0.05) is 32.6 Å². The van der Waals surface area contributed by atoms with Crippen LogP contribution in [-0.4, -0.2) is 29.8 Å². The molecule has 0 unspecified atom stereocenters. The standard InChI is InChI=1S/C10H11FN2O/c1-13(2)7-5-9(14)10-8(11)4-3-6-12-10/h3-7H,1-2H3/b7-5+. The van der Waals surface area contributed by atoms with E-state index < -0.39 is 11.6 Å². The molecule has 0 aromatic carbocycles. The van der Waals surface area contributed by atoms with Crippen LogP contribution >= 0.6 is 0 Å². The van der Waals surface area contributed by atoms with E-state index in [1.54, 1.807) is 25.2 Å². The Morgan fingerprint density at radius 2 is 2.29 bits per heavy atom. The number of nitrogens with zero attached hydrogens (tertiary/aromatic N) is 2. The van der Waals surface area contributed by atoms with Gasteiger partial charge in [-0.05, 0) is 12.1 Å². The molecule has 0 saturated carbocycles. The van der Waals surface area contributed by atoms with E-state index in [1.807, 2.05) is 0 Å². The maximum absolute atomic E-state index is 13.0. The average Bonchev–Trinajstić information content (AvgIpc) is 2.15. The van der Waals surface area contributed by atoms with Crippen molar-refractivity contribution in [3.05, 3.63) is 42.1 Å². The Morgan fingerprint density at radius 1 is 1.57 bits per heavy atom. The van der Waals surface area contributed by atoms with Crippen molar-refractivity contribution in [2.45, 2.75) is 0 Å². The van der Waals surface area contributed by atoms with Crippen molar-refractivity contribution in [2.24, 2.45) is 0 Å². The molecule has 0 aliphatic heterocycles. The molecule has 0 N–H and O–H groups in total. The molecule has 0 spiro atoms. The van der Waals surface area contributed by atoms with Crippen LogP contribution in [0.25, 0.3) is 0 Å². The minimum absolute atomic E-state index is 0.148. The molecule has 3 nitrogen and oxygen atoms in total. The number of allylic oxidation sites excluding steroid dienone is 1. The molecule has 4 heteroatoms. The molecule has 1 aromatic rings. The van der Waals surface area contributed by atoms with Crippen LogP contribution in [0.1, 0.15) is 10.5 Å². The summed E-state index contributed by atoms with van der Waals surface area (Å²) < 4.78 is 13.0. The van der Waals surface area contributed by atoms with Crippen molar-refractivity contribution >= 4 is 5.78 Å². The van der Waals surface area contributed by atoms with E-state index in [4.69, 9.17) is 0 Å². The zero-order valence-electron chi connectivity index (χ0n) is 8.07. The second-order valence-electron chi connectivity index (χ2n) is 2.98. The number of hydrogen-bond donors (Lipinski definition) is 0. The SMILES string of the molecule is CN(C)/C=C/C(=O)c1ncccc1F. The summed E-state index contributed by atoms with van der Waals surface area (Å²) in [6.07, 6.45) is 4.22. The predicted octanol–water partition coefficient (Wildman–Crippen LogP) is 1.48. The monoisotopic (exact) mass is 194 g/mol. The Kier molecular flexibility index (Phi) is 3.34. The van der Waals surface area contributed by atoms with Crippen molar-refractivity contribution in [1.29, 1.82) is 0 Å². The molecular weight excluding hydrogens is 183 g/mol. The number of hydrogen-bond acceptors (Lipinski definition) is 3. The van der Waals surface area contributed by atoms with E-state index in [0.29, 0.717) is 0 Å². The van der Waals surface area contributed by atoms with Crippen LogP contribution in [0.4, 0.5) is 4.39 Å². The first kappa shape index (κ1) is 10.4. The molecule has 0 bridgehead atoms. The van der Waals surface area contributed by atoms with Crippen LogP contribution in [0.15, 0.2) is 30.6 Å². The van der Waals surface area contributed by atoms with Gasteiger partial charge in [0.1, 0.15) is 5.69 Å². The topological polar surface area (TPSA) is 33.2 Å². The highest BCUT2D eigenvalue weighted by molar-refractivity contribution is 6.03. The third-order valence-electron chi connectivity index (χ3n) is 1.52. The molecule has 0 atom stereocenters. The second kappa shape index (κ2) is 4.50. The number of carbonyl (C=O) groups excluding carboxylic acids is 1. The van der Waals surface area contributed by atoms with Crippen LogP contribution in [0.3, 0.4) is 0 Å². The number of ketones is 1. The van der Waals surface area contributed by atoms with Crippen molar-refractivity contribution in [3.63, 3.8) is 0 Å². The molecule has 14 heavy (non-hydrogen) atoms. The number of carbonyl (C=O) groups is 1. The molecule has 74 valence electrons. The summed E-state index contributed by atoms with van der Waals surface area (Å²) in [5.41, 5.74) is -0.148.